The zero-order valence-electron chi connectivity index (χ0n) is 12.1. The Bertz CT molecular complexity index is 671. The van der Waals surface area contributed by atoms with Crippen LogP contribution in [-0.2, 0) is 0 Å². The SMILES string of the molecule is COc1ccc(C(=O)Nc2ccc(I)cc2C)c(OC)c1. The summed E-state index contributed by atoms with van der Waals surface area (Å²) in [6, 6.07) is 11.0. The Hall–Kier alpha value is -1.76. The van der Waals surface area contributed by atoms with Crippen molar-refractivity contribution in [1.82, 2.24) is 0 Å². The number of nitrogens with one attached hydrogen (secondary N) is 1. The summed E-state index contributed by atoms with van der Waals surface area (Å²) in [7, 11) is 3.10. The molecule has 0 unspecified atom stereocenters. The normalized spacial score (nSPS) is 10.1. The molecular weight excluding hydrogens is 381 g/mol. The lowest BCUT2D eigenvalue weighted by Crippen LogP contribution is -2.14. The number of ether oxygens (including phenoxy) is 2. The Morgan fingerprint density at radius 3 is 2.48 bits per heavy atom. The van der Waals surface area contributed by atoms with Crippen LogP contribution in [0.2, 0.25) is 0 Å². The summed E-state index contributed by atoms with van der Waals surface area (Å²) in [4.78, 5) is 12.4. The molecule has 0 aliphatic carbocycles. The first-order valence-corrected chi connectivity index (χ1v) is 7.42. The fourth-order valence-electron chi connectivity index (χ4n) is 1.94. The second-order valence-corrected chi connectivity index (χ2v) is 5.73. The summed E-state index contributed by atoms with van der Waals surface area (Å²) in [5.41, 5.74) is 2.28. The third-order valence-electron chi connectivity index (χ3n) is 3.09. The monoisotopic (exact) mass is 397 g/mol. The van der Waals surface area contributed by atoms with Gasteiger partial charge in [0.05, 0.1) is 19.8 Å². The van der Waals surface area contributed by atoms with Crippen molar-refractivity contribution in [3.63, 3.8) is 0 Å². The molecule has 0 aliphatic heterocycles. The van der Waals surface area contributed by atoms with E-state index in [1.165, 1.54) is 7.11 Å². The van der Waals surface area contributed by atoms with Crippen LogP contribution in [0.15, 0.2) is 36.4 Å². The first-order chi connectivity index (χ1) is 10.0. The molecule has 0 saturated carbocycles. The number of hydrogen-bond donors (Lipinski definition) is 1. The van der Waals surface area contributed by atoms with Crippen LogP contribution in [0.1, 0.15) is 15.9 Å². The standard InChI is InChI=1S/C16H16INO3/c1-10-8-11(17)4-7-14(10)18-16(19)13-6-5-12(20-2)9-15(13)21-3/h4-9H,1-3H3,(H,18,19). The first kappa shape index (κ1) is 15.6. The van der Waals surface area contributed by atoms with Crippen LogP contribution in [0, 0.1) is 10.5 Å². The number of carbonyl (C=O) groups is 1. The summed E-state index contributed by atoms with van der Waals surface area (Å²) in [5.74, 6) is 0.919. The van der Waals surface area contributed by atoms with Gasteiger partial charge >= 0.3 is 0 Å². The summed E-state index contributed by atoms with van der Waals surface area (Å²) in [6.07, 6.45) is 0. The van der Waals surface area contributed by atoms with Gasteiger partial charge in [0, 0.05) is 15.3 Å². The third-order valence-corrected chi connectivity index (χ3v) is 3.76. The van der Waals surface area contributed by atoms with Crippen molar-refractivity contribution in [2.24, 2.45) is 0 Å². The molecule has 0 heterocycles. The molecule has 2 rings (SSSR count). The first-order valence-electron chi connectivity index (χ1n) is 6.34. The lowest BCUT2D eigenvalue weighted by molar-refractivity contribution is 0.102. The van der Waals surface area contributed by atoms with Gasteiger partial charge in [-0.15, -0.1) is 0 Å². The van der Waals surface area contributed by atoms with Gasteiger partial charge < -0.3 is 14.8 Å². The van der Waals surface area contributed by atoms with E-state index in [4.69, 9.17) is 9.47 Å². The minimum Gasteiger partial charge on any atom is -0.497 e. The molecule has 4 nitrogen and oxygen atoms in total. The third kappa shape index (κ3) is 3.66. The van der Waals surface area contributed by atoms with Crippen molar-refractivity contribution in [1.29, 1.82) is 0 Å². The highest BCUT2D eigenvalue weighted by atomic mass is 127. The van der Waals surface area contributed by atoms with E-state index in [0.29, 0.717) is 17.1 Å². The molecule has 5 heteroatoms. The number of hydrogen-bond acceptors (Lipinski definition) is 3. The van der Waals surface area contributed by atoms with E-state index < -0.39 is 0 Å². The van der Waals surface area contributed by atoms with E-state index in [2.05, 4.69) is 27.9 Å². The number of anilines is 1. The number of benzene rings is 2. The lowest BCUT2D eigenvalue weighted by atomic mass is 10.1. The van der Waals surface area contributed by atoms with Crippen molar-refractivity contribution >= 4 is 34.2 Å². The highest BCUT2D eigenvalue weighted by Crippen LogP contribution is 2.26. The summed E-state index contributed by atoms with van der Waals surface area (Å²) in [5, 5.41) is 2.90. The largest absolute Gasteiger partial charge is 0.497 e. The Kier molecular flexibility index (Phi) is 5.06. The number of methoxy groups -OCH3 is 2. The second kappa shape index (κ2) is 6.80. The predicted molar refractivity (Wildman–Crippen MR) is 91.4 cm³/mol. The van der Waals surface area contributed by atoms with E-state index >= 15 is 0 Å². The number of rotatable bonds is 4. The van der Waals surface area contributed by atoms with Crippen molar-refractivity contribution in [2.75, 3.05) is 19.5 Å². The van der Waals surface area contributed by atoms with Crippen molar-refractivity contribution in [2.45, 2.75) is 6.92 Å². The fraction of sp³-hybridized carbons (Fsp3) is 0.188. The molecule has 0 aliphatic rings. The van der Waals surface area contributed by atoms with E-state index in [0.717, 1.165) is 14.8 Å². The average molecular weight is 397 g/mol. The van der Waals surface area contributed by atoms with E-state index in [1.807, 2.05) is 25.1 Å². The van der Waals surface area contributed by atoms with Gasteiger partial charge in [0.15, 0.2) is 0 Å². The number of halogens is 1. The zero-order chi connectivity index (χ0) is 15.4. The summed E-state index contributed by atoms with van der Waals surface area (Å²) >= 11 is 2.24. The molecule has 0 atom stereocenters. The van der Waals surface area contributed by atoms with E-state index in [-0.39, 0.29) is 5.91 Å². The van der Waals surface area contributed by atoms with Crippen LogP contribution in [0.5, 0.6) is 11.5 Å². The van der Waals surface area contributed by atoms with Gasteiger partial charge in [0.2, 0.25) is 0 Å². The number of aryl methyl sites for hydroxylation is 1. The van der Waals surface area contributed by atoms with E-state index in [9.17, 15) is 4.79 Å². The maximum Gasteiger partial charge on any atom is 0.259 e. The van der Waals surface area contributed by atoms with Crippen LogP contribution in [0.3, 0.4) is 0 Å². The lowest BCUT2D eigenvalue weighted by Gasteiger charge is -2.12. The number of carbonyl (C=O) groups excluding carboxylic acids is 1. The summed E-state index contributed by atoms with van der Waals surface area (Å²) in [6.45, 7) is 1.96. The minimum absolute atomic E-state index is 0.209. The maximum atomic E-state index is 12.4. The van der Waals surface area contributed by atoms with Gasteiger partial charge in [0.25, 0.3) is 5.91 Å². The minimum atomic E-state index is -0.209. The molecule has 0 aromatic heterocycles. The quantitative estimate of drug-likeness (QED) is 0.797. The Morgan fingerprint density at radius 1 is 1.10 bits per heavy atom. The van der Waals surface area contributed by atoms with Gasteiger partial charge in [-0.1, -0.05) is 0 Å². The Labute approximate surface area is 137 Å². The zero-order valence-corrected chi connectivity index (χ0v) is 14.2. The van der Waals surface area contributed by atoms with Crippen molar-refractivity contribution in [3.05, 3.63) is 51.1 Å². The smallest absolute Gasteiger partial charge is 0.259 e. The van der Waals surface area contributed by atoms with Gasteiger partial charge in [-0.2, -0.15) is 0 Å². The van der Waals surface area contributed by atoms with Gasteiger partial charge in [-0.05, 0) is 65.4 Å². The molecule has 1 N–H and O–H groups in total. The molecular formula is C16H16INO3. The summed E-state index contributed by atoms with van der Waals surface area (Å²) < 4.78 is 11.5. The Morgan fingerprint density at radius 2 is 1.86 bits per heavy atom. The second-order valence-electron chi connectivity index (χ2n) is 4.48. The number of amides is 1. The van der Waals surface area contributed by atoms with Crippen LogP contribution >= 0.6 is 22.6 Å². The van der Waals surface area contributed by atoms with Crippen LogP contribution in [0.4, 0.5) is 5.69 Å². The predicted octanol–water partition coefficient (Wildman–Crippen LogP) is 3.87. The maximum absolute atomic E-state index is 12.4. The van der Waals surface area contributed by atoms with Gasteiger partial charge in [-0.3, -0.25) is 4.79 Å². The molecule has 1 amide bonds. The molecule has 21 heavy (non-hydrogen) atoms. The van der Waals surface area contributed by atoms with Crippen LogP contribution in [-0.4, -0.2) is 20.1 Å². The molecule has 0 radical (unpaired) electrons. The molecule has 2 aromatic rings. The van der Waals surface area contributed by atoms with Gasteiger partial charge in [-0.25, -0.2) is 0 Å². The van der Waals surface area contributed by atoms with Gasteiger partial charge in [0.1, 0.15) is 11.5 Å². The highest BCUT2D eigenvalue weighted by molar-refractivity contribution is 14.1. The van der Waals surface area contributed by atoms with Crippen molar-refractivity contribution in [3.8, 4) is 11.5 Å². The van der Waals surface area contributed by atoms with Crippen LogP contribution < -0.4 is 14.8 Å². The average Bonchev–Trinajstić information content (AvgIpc) is 2.49. The van der Waals surface area contributed by atoms with Crippen molar-refractivity contribution < 1.29 is 14.3 Å². The molecule has 0 fully saturated rings. The topological polar surface area (TPSA) is 47.6 Å². The van der Waals surface area contributed by atoms with E-state index in [1.54, 1.807) is 25.3 Å². The highest BCUT2D eigenvalue weighted by Gasteiger charge is 2.14. The Balaban J connectivity index is 2.28. The molecule has 2 aromatic carbocycles. The molecule has 0 bridgehead atoms. The molecule has 110 valence electrons. The molecule has 0 spiro atoms. The molecule has 0 saturated heterocycles. The van der Waals surface area contributed by atoms with Crippen LogP contribution in [0.25, 0.3) is 0 Å². The fourth-order valence-corrected chi connectivity index (χ4v) is 2.59.